The summed E-state index contributed by atoms with van der Waals surface area (Å²) in [7, 11) is 1.59. The van der Waals surface area contributed by atoms with E-state index in [4.69, 9.17) is 4.74 Å². The third-order valence-electron chi connectivity index (χ3n) is 4.76. The predicted octanol–water partition coefficient (Wildman–Crippen LogP) is 2.97. The Morgan fingerprint density at radius 1 is 1.33 bits per heavy atom. The van der Waals surface area contributed by atoms with E-state index in [1.54, 1.807) is 18.4 Å². The highest BCUT2D eigenvalue weighted by molar-refractivity contribution is 7.11. The van der Waals surface area contributed by atoms with Crippen molar-refractivity contribution in [2.45, 2.75) is 25.8 Å². The van der Waals surface area contributed by atoms with Gasteiger partial charge in [0, 0.05) is 42.3 Å². The van der Waals surface area contributed by atoms with Crippen LogP contribution in [0.5, 0.6) is 0 Å². The van der Waals surface area contributed by atoms with Crippen LogP contribution in [0.1, 0.15) is 32.5 Å². The molecule has 3 heterocycles. The van der Waals surface area contributed by atoms with E-state index >= 15 is 0 Å². The van der Waals surface area contributed by atoms with Gasteiger partial charge >= 0.3 is 0 Å². The van der Waals surface area contributed by atoms with Gasteiger partial charge in [0.2, 0.25) is 0 Å². The summed E-state index contributed by atoms with van der Waals surface area (Å²) < 4.78 is 4.95. The molecule has 0 atom stereocenters. The normalized spacial score (nSPS) is 13.7. The van der Waals surface area contributed by atoms with Crippen molar-refractivity contribution in [2.75, 3.05) is 20.3 Å². The minimum atomic E-state index is 0.00275. The van der Waals surface area contributed by atoms with Crippen LogP contribution in [0.4, 0.5) is 0 Å². The highest BCUT2D eigenvalue weighted by Gasteiger charge is 2.26. The standard InChI is InChI=1S/C20H21N3O3S/c1-26-9-7-14(24)11-19-22-16-6-8-23(12-18(16)27-19)20(25)17-10-13-4-2-3-5-15(13)21-17/h2-5,10,21H,6-9,11-12H2,1H3. The van der Waals surface area contributed by atoms with Crippen LogP contribution in [0.3, 0.4) is 0 Å². The number of rotatable bonds is 6. The van der Waals surface area contributed by atoms with Gasteiger partial charge in [0.15, 0.2) is 0 Å². The molecule has 0 saturated heterocycles. The lowest BCUT2D eigenvalue weighted by Crippen LogP contribution is -2.35. The second-order valence-corrected chi connectivity index (χ2v) is 7.85. The lowest BCUT2D eigenvalue weighted by Gasteiger charge is -2.25. The Hall–Kier alpha value is -2.51. The molecule has 3 aromatic rings. The average molecular weight is 383 g/mol. The average Bonchev–Trinajstić information content (AvgIpc) is 3.28. The summed E-state index contributed by atoms with van der Waals surface area (Å²) in [5, 5.41) is 1.87. The zero-order valence-corrected chi connectivity index (χ0v) is 16.0. The van der Waals surface area contributed by atoms with Gasteiger partial charge in [-0.3, -0.25) is 9.59 Å². The van der Waals surface area contributed by atoms with Crippen LogP contribution in [0, 0.1) is 0 Å². The molecule has 1 amide bonds. The molecule has 0 saturated carbocycles. The number of ether oxygens (including phenoxy) is 1. The van der Waals surface area contributed by atoms with Crippen LogP contribution in [-0.2, 0) is 28.9 Å². The Bertz CT molecular complexity index is 958. The van der Waals surface area contributed by atoms with Gasteiger partial charge in [-0.1, -0.05) is 18.2 Å². The lowest BCUT2D eigenvalue weighted by molar-refractivity contribution is -0.119. The zero-order valence-electron chi connectivity index (χ0n) is 15.2. The van der Waals surface area contributed by atoms with E-state index in [9.17, 15) is 9.59 Å². The number of amides is 1. The maximum Gasteiger partial charge on any atom is 0.270 e. The second kappa shape index (κ2) is 7.62. The molecule has 0 aliphatic carbocycles. The first-order valence-electron chi connectivity index (χ1n) is 8.99. The number of carbonyl (C=O) groups is 2. The van der Waals surface area contributed by atoms with Crippen molar-refractivity contribution < 1.29 is 14.3 Å². The maximum absolute atomic E-state index is 12.9. The van der Waals surface area contributed by atoms with E-state index in [2.05, 4.69) is 9.97 Å². The number of para-hydroxylation sites is 1. The van der Waals surface area contributed by atoms with E-state index in [0.29, 0.717) is 38.2 Å². The van der Waals surface area contributed by atoms with E-state index in [-0.39, 0.29) is 11.7 Å². The van der Waals surface area contributed by atoms with Crippen molar-refractivity contribution in [3.63, 3.8) is 0 Å². The first-order chi connectivity index (χ1) is 13.1. The number of aromatic amines is 1. The summed E-state index contributed by atoms with van der Waals surface area (Å²) in [5.74, 6) is 0.136. The minimum absolute atomic E-state index is 0.00275. The number of aromatic nitrogens is 2. The second-order valence-electron chi connectivity index (χ2n) is 6.68. The van der Waals surface area contributed by atoms with Gasteiger partial charge in [-0.05, 0) is 12.1 Å². The number of fused-ring (bicyclic) bond motifs is 2. The molecule has 1 N–H and O–H groups in total. The van der Waals surface area contributed by atoms with Gasteiger partial charge in [0.05, 0.1) is 25.3 Å². The Labute approximate surface area is 161 Å². The third-order valence-corrected chi connectivity index (χ3v) is 5.84. The Balaban J connectivity index is 1.46. The van der Waals surface area contributed by atoms with E-state index in [1.807, 2.05) is 35.2 Å². The number of ketones is 1. The van der Waals surface area contributed by atoms with Gasteiger partial charge < -0.3 is 14.6 Å². The van der Waals surface area contributed by atoms with Crippen molar-refractivity contribution in [3.05, 3.63) is 51.6 Å². The maximum atomic E-state index is 12.9. The van der Waals surface area contributed by atoms with Crippen molar-refractivity contribution in [2.24, 2.45) is 0 Å². The van der Waals surface area contributed by atoms with Crippen LogP contribution in [0.2, 0.25) is 0 Å². The van der Waals surface area contributed by atoms with E-state index < -0.39 is 0 Å². The smallest absolute Gasteiger partial charge is 0.270 e. The Morgan fingerprint density at radius 3 is 3.00 bits per heavy atom. The number of nitrogens with zero attached hydrogens (tertiary/aromatic N) is 2. The van der Waals surface area contributed by atoms with Crippen LogP contribution >= 0.6 is 11.3 Å². The molecular weight excluding hydrogens is 362 g/mol. The molecule has 0 unspecified atom stereocenters. The Kier molecular flexibility index (Phi) is 5.05. The van der Waals surface area contributed by atoms with Gasteiger partial charge in [0.1, 0.15) is 16.5 Å². The first kappa shape index (κ1) is 17.9. The fourth-order valence-electron chi connectivity index (χ4n) is 3.33. The van der Waals surface area contributed by atoms with Crippen molar-refractivity contribution in [3.8, 4) is 0 Å². The largest absolute Gasteiger partial charge is 0.384 e. The summed E-state index contributed by atoms with van der Waals surface area (Å²) >= 11 is 1.54. The zero-order chi connectivity index (χ0) is 18.8. The molecule has 27 heavy (non-hydrogen) atoms. The topological polar surface area (TPSA) is 75.3 Å². The van der Waals surface area contributed by atoms with Gasteiger partial charge in [-0.2, -0.15) is 0 Å². The summed E-state index contributed by atoms with van der Waals surface area (Å²) in [6.07, 6.45) is 1.48. The molecule has 0 spiro atoms. The van der Waals surface area contributed by atoms with Crippen molar-refractivity contribution >= 4 is 33.9 Å². The van der Waals surface area contributed by atoms with Crippen LogP contribution in [0.15, 0.2) is 30.3 Å². The molecule has 1 aromatic carbocycles. The number of H-pyrrole nitrogens is 1. The minimum Gasteiger partial charge on any atom is -0.384 e. The predicted molar refractivity (Wildman–Crippen MR) is 104 cm³/mol. The molecule has 1 aliphatic rings. The number of hydrogen-bond acceptors (Lipinski definition) is 5. The van der Waals surface area contributed by atoms with Gasteiger partial charge in [-0.15, -0.1) is 11.3 Å². The highest BCUT2D eigenvalue weighted by atomic mass is 32.1. The van der Waals surface area contributed by atoms with Crippen LogP contribution in [0.25, 0.3) is 10.9 Å². The van der Waals surface area contributed by atoms with E-state index in [1.165, 1.54) is 0 Å². The summed E-state index contributed by atoms with van der Waals surface area (Å²) in [6.45, 7) is 1.63. The number of thiazole rings is 1. The number of methoxy groups -OCH3 is 1. The number of Topliss-reactive ketones (excluding diaryl/α,β-unsaturated/α-hetero) is 1. The van der Waals surface area contributed by atoms with E-state index in [0.717, 1.165) is 32.9 Å². The number of hydrogen-bond donors (Lipinski definition) is 1. The van der Waals surface area contributed by atoms with Crippen LogP contribution < -0.4 is 0 Å². The monoisotopic (exact) mass is 383 g/mol. The highest BCUT2D eigenvalue weighted by Crippen LogP contribution is 2.27. The Morgan fingerprint density at radius 2 is 2.19 bits per heavy atom. The molecule has 2 aromatic heterocycles. The molecule has 0 fully saturated rings. The molecular formula is C20H21N3O3S. The summed E-state index contributed by atoms with van der Waals surface area (Å²) in [5.41, 5.74) is 2.60. The lowest BCUT2D eigenvalue weighted by atomic mass is 10.1. The van der Waals surface area contributed by atoms with Gasteiger partial charge in [-0.25, -0.2) is 4.98 Å². The third kappa shape index (κ3) is 3.79. The molecule has 1 aliphatic heterocycles. The van der Waals surface area contributed by atoms with Gasteiger partial charge in [0.25, 0.3) is 5.91 Å². The molecule has 4 rings (SSSR count). The molecule has 140 valence electrons. The number of carbonyl (C=O) groups excluding carboxylic acids is 2. The first-order valence-corrected chi connectivity index (χ1v) is 9.81. The molecule has 0 radical (unpaired) electrons. The summed E-state index contributed by atoms with van der Waals surface area (Å²) in [6, 6.07) is 9.78. The molecule has 6 nitrogen and oxygen atoms in total. The van der Waals surface area contributed by atoms with Crippen LogP contribution in [-0.4, -0.2) is 46.8 Å². The SMILES string of the molecule is COCCC(=O)Cc1nc2c(s1)CN(C(=O)c1cc3ccccc3[nH]1)CC2. The number of nitrogens with one attached hydrogen (secondary N) is 1. The fraction of sp³-hybridized carbons (Fsp3) is 0.350. The summed E-state index contributed by atoms with van der Waals surface area (Å²) in [4.78, 5) is 35.6. The quantitative estimate of drug-likeness (QED) is 0.710. The fourth-order valence-corrected chi connectivity index (χ4v) is 4.49. The van der Waals surface area contributed by atoms with Crippen molar-refractivity contribution in [1.82, 2.24) is 14.9 Å². The molecule has 0 bridgehead atoms. The molecule has 7 heteroatoms. The van der Waals surface area contributed by atoms with Crippen molar-refractivity contribution in [1.29, 1.82) is 0 Å². The number of benzene rings is 1.